The minimum absolute atomic E-state index is 0.270. The summed E-state index contributed by atoms with van der Waals surface area (Å²) in [7, 11) is 0. The first kappa shape index (κ1) is 15.3. The maximum absolute atomic E-state index is 12.9. The van der Waals surface area contributed by atoms with E-state index in [-0.39, 0.29) is 5.91 Å². The van der Waals surface area contributed by atoms with Gasteiger partial charge < -0.3 is 8.94 Å². The minimum Gasteiger partial charge on any atom is -0.463 e. The highest BCUT2D eigenvalue weighted by Crippen LogP contribution is 2.41. The molecule has 0 spiro atoms. The van der Waals surface area contributed by atoms with Gasteiger partial charge in [-0.25, -0.2) is 9.97 Å². The van der Waals surface area contributed by atoms with Crippen LogP contribution >= 0.6 is 11.3 Å². The van der Waals surface area contributed by atoms with Crippen LogP contribution in [0, 0.1) is 6.92 Å². The van der Waals surface area contributed by atoms with Crippen LogP contribution in [0.3, 0.4) is 0 Å². The van der Waals surface area contributed by atoms with Gasteiger partial charge in [-0.05, 0) is 38.0 Å². The lowest BCUT2D eigenvalue weighted by Gasteiger charge is -2.05. The van der Waals surface area contributed by atoms with Crippen LogP contribution in [0.2, 0.25) is 0 Å². The summed E-state index contributed by atoms with van der Waals surface area (Å²) in [6.45, 7) is 1.78. The molecule has 1 fully saturated rings. The molecule has 8 heteroatoms. The third-order valence-corrected chi connectivity index (χ3v) is 5.15. The summed E-state index contributed by atoms with van der Waals surface area (Å²) in [6, 6.07) is 5.24. The summed E-state index contributed by atoms with van der Waals surface area (Å²) in [6.07, 6.45) is 3.91. The number of thiazole rings is 1. The van der Waals surface area contributed by atoms with Gasteiger partial charge in [0, 0.05) is 11.3 Å². The fraction of sp³-hybridized carbons (Fsp3) is 0.222. The largest absolute Gasteiger partial charge is 0.463 e. The maximum atomic E-state index is 12.9. The predicted molar refractivity (Wildman–Crippen MR) is 96.3 cm³/mol. The number of aromatic nitrogens is 3. The van der Waals surface area contributed by atoms with Gasteiger partial charge in [0.2, 0.25) is 0 Å². The van der Waals surface area contributed by atoms with E-state index in [2.05, 4.69) is 20.4 Å². The summed E-state index contributed by atoms with van der Waals surface area (Å²) in [5, 5.41) is 10.0. The maximum Gasteiger partial charge on any atom is 0.259 e. The van der Waals surface area contributed by atoms with Crippen LogP contribution in [-0.2, 0) is 0 Å². The number of fused-ring (bicyclic) bond motifs is 1. The summed E-state index contributed by atoms with van der Waals surface area (Å²) in [5.74, 6) is 0.837. The van der Waals surface area contributed by atoms with Gasteiger partial charge in [-0.15, -0.1) is 11.3 Å². The number of hydrogen-bond acceptors (Lipinski definition) is 7. The van der Waals surface area contributed by atoms with E-state index in [0.29, 0.717) is 44.9 Å². The molecule has 0 saturated heterocycles. The summed E-state index contributed by atoms with van der Waals surface area (Å²) in [4.78, 5) is 21.8. The average molecular weight is 366 g/mol. The van der Waals surface area contributed by atoms with Crippen molar-refractivity contribution in [3.05, 3.63) is 46.8 Å². The topological polar surface area (TPSA) is 94.0 Å². The number of carbonyl (C=O) groups excluding carboxylic acids is 1. The van der Waals surface area contributed by atoms with Crippen molar-refractivity contribution in [3.63, 3.8) is 0 Å². The van der Waals surface area contributed by atoms with Crippen LogP contribution in [0.5, 0.6) is 0 Å². The number of anilines is 1. The minimum atomic E-state index is -0.270. The van der Waals surface area contributed by atoms with Crippen molar-refractivity contribution in [1.29, 1.82) is 0 Å². The van der Waals surface area contributed by atoms with E-state index in [1.54, 1.807) is 31.4 Å². The normalized spacial score (nSPS) is 14.0. The number of carbonyl (C=O) groups is 1. The second-order valence-corrected chi connectivity index (χ2v) is 7.14. The van der Waals surface area contributed by atoms with E-state index >= 15 is 0 Å². The van der Waals surface area contributed by atoms with E-state index in [1.807, 2.05) is 5.38 Å². The summed E-state index contributed by atoms with van der Waals surface area (Å²) in [5.41, 5.74) is 2.92. The molecule has 26 heavy (non-hydrogen) atoms. The Morgan fingerprint density at radius 2 is 2.23 bits per heavy atom. The zero-order chi connectivity index (χ0) is 17.7. The molecule has 7 nitrogen and oxygen atoms in total. The summed E-state index contributed by atoms with van der Waals surface area (Å²) < 4.78 is 10.7. The molecule has 1 aliphatic rings. The number of furan rings is 1. The number of nitrogens with zero attached hydrogens (tertiary/aromatic N) is 3. The molecule has 130 valence electrons. The van der Waals surface area contributed by atoms with Crippen molar-refractivity contribution in [3.8, 4) is 11.5 Å². The van der Waals surface area contributed by atoms with Gasteiger partial charge in [-0.1, -0.05) is 5.16 Å². The molecule has 5 rings (SSSR count). The molecule has 0 bridgehead atoms. The van der Waals surface area contributed by atoms with E-state index in [1.165, 1.54) is 24.2 Å². The Kier molecular flexibility index (Phi) is 3.39. The fourth-order valence-electron chi connectivity index (χ4n) is 2.90. The molecular formula is C18H14N4O3S. The molecule has 0 aliphatic heterocycles. The molecule has 4 aromatic heterocycles. The van der Waals surface area contributed by atoms with Gasteiger partial charge in [-0.3, -0.25) is 10.1 Å². The van der Waals surface area contributed by atoms with Gasteiger partial charge in [0.25, 0.3) is 11.6 Å². The van der Waals surface area contributed by atoms with Crippen LogP contribution in [-0.4, -0.2) is 21.0 Å². The Morgan fingerprint density at radius 3 is 3.00 bits per heavy atom. The highest BCUT2D eigenvalue weighted by atomic mass is 32.1. The molecule has 1 amide bonds. The number of hydrogen-bond donors (Lipinski definition) is 1. The molecule has 1 N–H and O–H groups in total. The molecule has 1 aliphatic carbocycles. The first-order valence-corrected chi connectivity index (χ1v) is 9.14. The highest BCUT2D eigenvalue weighted by molar-refractivity contribution is 7.14. The Balaban J connectivity index is 1.55. The number of amides is 1. The van der Waals surface area contributed by atoms with Crippen LogP contribution in [0.25, 0.3) is 22.6 Å². The van der Waals surface area contributed by atoms with Crippen molar-refractivity contribution in [2.45, 2.75) is 25.7 Å². The Morgan fingerprint density at radius 1 is 1.35 bits per heavy atom. The Hall–Kier alpha value is -3.00. The molecule has 4 heterocycles. The van der Waals surface area contributed by atoms with Gasteiger partial charge in [0.05, 0.1) is 28.6 Å². The van der Waals surface area contributed by atoms with E-state index in [4.69, 9.17) is 8.94 Å². The van der Waals surface area contributed by atoms with Crippen LogP contribution in [0.1, 0.15) is 40.5 Å². The second-order valence-electron chi connectivity index (χ2n) is 6.29. The smallest absolute Gasteiger partial charge is 0.259 e. The van der Waals surface area contributed by atoms with Gasteiger partial charge >= 0.3 is 0 Å². The molecule has 0 unspecified atom stereocenters. The quantitative estimate of drug-likeness (QED) is 0.576. The average Bonchev–Trinajstić information content (AvgIpc) is 3.03. The third kappa shape index (κ3) is 2.59. The third-order valence-electron chi connectivity index (χ3n) is 4.37. The van der Waals surface area contributed by atoms with Crippen LogP contribution in [0.15, 0.2) is 38.8 Å². The zero-order valence-corrected chi connectivity index (χ0v) is 14.7. The van der Waals surface area contributed by atoms with E-state index in [0.717, 1.165) is 5.69 Å². The van der Waals surface area contributed by atoms with E-state index in [9.17, 15) is 4.79 Å². The molecule has 4 aromatic rings. The first-order chi connectivity index (χ1) is 12.7. The van der Waals surface area contributed by atoms with Gasteiger partial charge in [0.1, 0.15) is 5.69 Å². The van der Waals surface area contributed by atoms with Gasteiger partial charge in [0.15, 0.2) is 10.9 Å². The number of aryl methyl sites for hydroxylation is 1. The van der Waals surface area contributed by atoms with Crippen molar-refractivity contribution in [1.82, 2.24) is 15.1 Å². The molecule has 1 saturated carbocycles. The highest BCUT2D eigenvalue weighted by Gasteiger charge is 2.27. The first-order valence-electron chi connectivity index (χ1n) is 8.27. The van der Waals surface area contributed by atoms with Crippen LogP contribution in [0.4, 0.5) is 5.13 Å². The number of nitrogens with one attached hydrogen (secondary N) is 1. The Labute approximate surface area is 152 Å². The Bertz CT molecular complexity index is 1110. The van der Waals surface area contributed by atoms with Crippen molar-refractivity contribution >= 4 is 33.5 Å². The lowest BCUT2D eigenvalue weighted by Crippen LogP contribution is -2.13. The fourth-order valence-corrected chi connectivity index (χ4v) is 3.69. The van der Waals surface area contributed by atoms with Crippen molar-refractivity contribution in [2.75, 3.05) is 5.32 Å². The van der Waals surface area contributed by atoms with Gasteiger partial charge in [-0.2, -0.15) is 0 Å². The standard InChI is InChI=1S/C18H14N4O3S/c1-9-15-11(16(23)21-18-20-13(8-26-18)10-4-5-10)7-12(14-3-2-6-24-14)19-17(15)25-22-9/h2-3,6-8,10H,4-5H2,1H3,(H,20,21,23). The zero-order valence-electron chi connectivity index (χ0n) is 13.9. The van der Waals surface area contributed by atoms with E-state index < -0.39 is 0 Å². The number of rotatable bonds is 4. The lowest BCUT2D eigenvalue weighted by atomic mass is 10.1. The molecule has 0 atom stereocenters. The second kappa shape index (κ2) is 5.77. The number of pyridine rings is 1. The van der Waals surface area contributed by atoms with Crippen molar-refractivity contribution < 1.29 is 13.7 Å². The van der Waals surface area contributed by atoms with Crippen LogP contribution < -0.4 is 5.32 Å². The molecular weight excluding hydrogens is 352 g/mol. The lowest BCUT2D eigenvalue weighted by molar-refractivity contribution is 0.102. The predicted octanol–water partition coefficient (Wildman–Crippen LogP) is 4.38. The monoisotopic (exact) mass is 366 g/mol. The van der Waals surface area contributed by atoms with Crippen molar-refractivity contribution in [2.24, 2.45) is 0 Å². The molecule has 0 aromatic carbocycles. The SMILES string of the molecule is Cc1noc2nc(-c3ccco3)cc(C(=O)Nc3nc(C4CC4)cs3)c12. The summed E-state index contributed by atoms with van der Waals surface area (Å²) >= 11 is 1.44. The molecule has 0 radical (unpaired) electrons.